The molecule has 1 atom stereocenters. The Bertz CT molecular complexity index is 596. The number of carbonyl (C=O) groups is 2. The molecule has 0 radical (unpaired) electrons. The standard InChI is InChI=1S/C19H28N4O3/c1-15(24)18(14-19(25)26-17-4-8-21-9-5-17)23-12-10-22(11-13-23)16-2-6-20-7-3-16/h2-3,6-7,17-18,21H,4-5,8-14H2,1H3. The Morgan fingerprint density at radius 3 is 2.46 bits per heavy atom. The van der Waals surface area contributed by atoms with E-state index < -0.39 is 0 Å². The topological polar surface area (TPSA) is 74.8 Å². The van der Waals surface area contributed by atoms with Gasteiger partial charge in [0, 0.05) is 44.3 Å². The maximum atomic E-state index is 12.3. The molecule has 0 bridgehead atoms. The van der Waals surface area contributed by atoms with Crippen molar-refractivity contribution in [2.45, 2.75) is 38.3 Å². The number of ketones is 1. The van der Waals surface area contributed by atoms with Gasteiger partial charge in [-0.2, -0.15) is 0 Å². The van der Waals surface area contributed by atoms with Crippen LogP contribution in [0.25, 0.3) is 0 Å². The minimum absolute atomic E-state index is 0.0140. The summed E-state index contributed by atoms with van der Waals surface area (Å²) < 4.78 is 5.58. The van der Waals surface area contributed by atoms with E-state index in [0.29, 0.717) is 0 Å². The summed E-state index contributed by atoms with van der Waals surface area (Å²) in [5, 5.41) is 3.25. The van der Waals surface area contributed by atoms with E-state index in [0.717, 1.165) is 57.8 Å². The van der Waals surface area contributed by atoms with Crippen LogP contribution in [0.2, 0.25) is 0 Å². The maximum Gasteiger partial charge on any atom is 0.308 e. The largest absolute Gasteiger partial charge is 0.462 e. The molecule has 0 amide bonds. The Labute approximate surface area is 154 Å². The van der Waals surface area contributed by atoms with E-state index in [2.05, 4.69) is 20.1 Å². The van der Waals surface area contributed by atoms with Crippen molar-refractivity contribution >= 4 is 17.4 Å². The highest BCUT2D eigenvalue weighted by Gasteiger charge is 2.30. The number of ether oxygens (including phenoxy) is 1. The molecule has 0 aliphatic carbocycles. The third kappa shape index (κ3) is 5.02. The first kappa shape index (κ1) is 18.8. The average Bonchev–Trinajstić information content (AvgIpc) is 2.67. The van der Waals surface area contributed by atoms with Crippen LogP contribution in [0.5, 0.6) is 0 Å². The van der Waals surface area contributed by atoms with Gasteiger partial charge in [0.05, 0.1) is 12.5 Å². The molecule has 26 heavy (non-hydrogen) atoms. The summed E-state index contributed by atoms with van der Waals surface area (Å²) in [4.78, 5) is 32.9. The molecule has 2 saturated heterocycles. The second kappa shape index (κ2) is 9.09. The quantitative estimate of drug-likeness (QED) is 0.754. The number of piperidine rings is 1. The van der Waals surface area contributed by atoms with Crippen molar-refractivity contribution in [3.63, 3.8) is 0 Å². The van der Waals surface area contributed by atoms with Crippen LogP contribution in [0, 0.1) is 0 Å². The number of nitrogens with one attached hydrogen (secondary N) is 1. The lowest BCUT2D eigenvalue weighted by Gasteiger charge is -2.39. The van der Waals surface area contributed by atoms with E-state index in [9.17, 15) is 9.59 Å². The van der Waals surface area contributed by atoms with Gasteiger partial charge in [-0.15, -0.1) is 0 Å². The van der Waals surface area contributed by atoms with Crippen molar-refractivity contribution in [3.05, 3.63) is 24.5 Å². The molecule has 7 nitrogen and oxygen atoms in total. The predicted octanol–water partition coefficient (Wildman–Crippen LogP) is 0.847. The number of pyridine rings is 1. The molecule has 1 aromatic heterocycles. The van der Waals surface area contributed by atoms with E-state index in [-0.39, 0.29) is 30.3 Å². The minimum Gasteiger partial charge on any atom is -0.462 e. The molecule has 1 N–H and O–H groups in total. The van der Waals surface area contributed by atoms with Crippen molar-refractivity contribution in [1.29, 1.82) is 0 Å². The van der Waals surface area contributed by atoms with Gasteiger partial charge in [0.2, 0.25) is 0 Å². The molecule has 7 heteroatoms. The Hall–Kier alpha value is -1.99. The van der Waals surface area contributed by atoms with E-state index in [1.54, 1.807) is 19.3 Å². The highest BCUT2D eigenvalue weighted by atomic mass is 16.5. The first-order valence-corrected chi connectivity index (χ1v) is 9.43. The van der Waals surface area contributed by atoms with E-state index in [1.165, 1.54) is 0 Å². The zero-order valence-corrected chi connectivity index (χ0v) is 15.4. The van der Waals surface area contributed by atoms with Crippen molar-refractivity contribution < 1.29 is 14.3 Å². The predicted molar refractivity (Wildman–Crippen MR) is 99.1 cm³/mol. The fourth-order valence-corrected chi connectivity index (χ4v) is 3.68. The summed E-state index contributed by atoms with van der Waals surface area (Å²) >= 11 is 0. The molecular weight excluding hydrogens is 332 g/mol. The van der Waals surface area contributed by atoms with Gasteiger partial charge in [-0.3, -0.25) is 19.5 Å². The van der Waals surface area contributed by atoms with Gasteiger partial charge in [-0.25, -0.2) is 0 Å². The molecular formula is C19H28N4O3. The second-order valence-corrected chi connectivity index (χ2v) is 7.00. The Morgan fingerprint density at radius 2 is 1.85 bits per heavy atom. The first-order chi connectivity index (χ1) is 12.6. The van der Waals surface area contributed by atoms with Crippen molar-refractivity contribution in [1.82, 2.24) is 15.2 Å². The molecule has 1 unspecified atom stereocenters. The third-order valence-electron chi connectivity index (χ3n) is 5.20. The van der Waals surface area contributed by atoms with Gasteiger partial charge in [0.25, 0.3) is 0 Å². The van der Waals surface area contributed by atoms with E-state index in [4.69, 9.17) is 4.74 Å². The number of aromatic nitrogens is 1. The molecule has 0 saturated carbocycles. The van der Waals surface area contributed by atoms with Crippen LogP contribution in [0.3, 0.4) is 0 Å². The smallest absolute Gasteiger partial charge is 0.308 e. The lowest BCUT2D eigenvalue weighted by molar-refractivity contribution is -0.153. The van der Waals surface area contributed by atoms with Crippen LogP contribution >= 0.6 is 0 Å². The summed E-state index contributed by atoms with van der Waals surface area (Å²) in [6.07, 6.45) is 5.41. The first-order valence-electron chi connectivity index (χ1n) is 9.43. The zero-order chi connectivity index (χ0) is 18.4. The van der Waals surface area contributed by atoms with Gasteiger partial charge >= 0.3 is 5.97 Å². The number of carbonyl (C=O) groups excluding carboxylic acids is 2. The fraction of sp³-hybridized carbons (Fsp3) is 0.632. The number of esters is 1. The highest BCUT2D eigenvalue weighted by molar-refractivity contribution is 5.86. The molecule has 3 rings (SSSR count). The van der Waals surface area contributed by atoms with Crippen molar-refractivity contribution in [2.75, 3.05) is 44.2 Å². The van der Waals surface area contributed by atoms with Gasteiger partial charge < -0.3 is 15.0 Å². The molecule has 1 aromatic rings. The fourth-order valence-electron chi connectivity index (χ4n) is 3.68. The van der Waals surface area contributed by atoms with Crippen LogP contribution in [0.1, 0.15) is 26.2 Å². The molecule has 2 aliphatic rings. The number of hydrogen-bond acceptors (Lipinski definition) is 7. The molecule has 142 valence electrons. The van der Waals surface area contributed by atoms with E-state index >= 15 is 0 Å². The minimum atomic E-state index is -0.385. The number of hydrogen-bond donors (Lipinski definition) is 1. The lowest BCUT2D eigenvalue weighted by atomic mass is 10.1. The van der Waals surface area contributed by atoms with Crippen LogP contribution in [-0.4, -0.2) is 73.1 Å². The van der Waals surface area contributed by atoms with Gasteiger partial charge in [-0.05, 0) is 45.0 Å². The van der Waals surface area contributed by atoms with Crippen molar-refractivity contribution in [2.24, 2.45) is 0 Å². The summed E-state index contributed by atoms with van der Waals surface area (Å²) in [6.45, 7) is 6.50. The zero-order valence-electron chi connectivity index (χ0n) is 15.4. The highest BCUT2D eigenvalue weighted by Crippen LogP contribution is 2.18. The Morgan fingerprint density at radius 1 is 1.19 bits per heavy atom. The molecule has 2 fully saturated rings. The number of rotatable bonds is 6. The number of anilines is 1. The number of Topliss-reactive ketones (excluding diaryl/α,β-unsaturated/α-hetero) is 1. The average molecular weight is 360 g/mol. The summed E-state index contributed by atoms with van der Waals surface area (Å²) in [7, 11) is 0. The van der Waals surface area contributed by atoms with Gasteiger partial charge in [0.1, 0.15) is 11.9 Å². The van der Waals surface area contributed by atoms with Gasteiger partial charge in [0.15, 0.2) is 0 Å². The Kier molecular flexibility index (Phi) is 6.57. The second-order valence-electron chi connectivity index (χ2n) is 7.00. The normalized spacial score (nSPS) is 20.6. The molecule has 3 heterocycles. The lowest BCUT2D eigenvalue weighted by Crippen LogP contribution is -2.53. The third-order valence-corrected chi connectivity index (χ3v) is 5.20. The van der Waals surface area contributed by atoms with Crippen LogP contribution in [0.4, 0.5) is 5.69 Å². The molecule has 2 aliphatic heterocycles. The summed E-state index contributed by atoms with van der Waals surface area (Å²) in [5.41, 5.74) is 1.14. The van der Waals surface area contributed by atoms with E-state index in [1.807, 2.05) is 12.1 Å². The summed E-state index contributed by atoms with van der Waals surface area (Å²) in [6, 6.07) is 3.60. The van der Waals surface area contributed by atoms with Crippen LogP contribution in [0.15, 0.2) is 24.5 Å². The number of nitrogens with zero attached hydrogens (tertiary/aromatic N) is 3. The van der Waals surface area contributed by atoms with Crippen molar-refractivity contribution in [3.8, 4) is 0 Å². The maximum absolute atomic E-state index is 12.3. The molecule has 0 spiro atoms. The molecule has 0 aromatic carbocycles. The number of piperazine rings is 1. The van der Waals surface area contributed by atoms with Crippen LogP contribution < -0.4 is 10.2 Å². The van der Waals surface area contributed by atoms with Gasteiger partial charge in [-0.1, -0.05) is 0 Å². The SMILES string of the molecule is CC(=O)C(CC(=O)OC1CCNCC1)N1CCN(c2ccncc2)CC1. The summed E-state index contributed by atoms with van der Waals surface area (Å²) in [5.74, 6) is -0.224. The monoisotopic (exact) mass is 360 g/mol. The Balaban J connectivity index is 1.52. The van der Waals surface area contributed by atoms with Crippen LogP contribution in [-0.2, 0) is 14.3 Å².